The lowest BCUT2D eigenvalue weighted by Gasteiger charge is -2.31. The van der Waals surface area contributed by atoms with Crippen molar-refractivity contribution in [1.29, 1.82) is 0 Å². The van der Waals surface area contributed by atoms with Gasteiger partial charge in [-0.2, -0.15) is 0 Å². The second kappa shape index (κ2) is 5.80. The predicted molar refractivity (Wildman–Crippen MR) is 74.8 cm³/mol. The van der Waals surface area contributed by atoms with Crippen LogP contribution in [0.5, 0.6) is 11.5 Å². The maximum absolute atomic E-state index is 5.74. The molecule has 1 N–H and O–H groups in total. The Morgan fingerprint density at radius 1 is 1.26 bits per heavy atom. The summed E-state index contributed by atoms with van der Waals surface area (Å²) in [6.07, 6.45) is 0.958. The molecule has 0 radical (unpaired) electrons. The van der Waals surface area contributed by atoms with Crippen LogP contribution in [0.15, 0.2) is 18.2 Å². The molecule has 1 fully saturated rings. The van der Waals surface area contributed by atoms with Gasteiger partial charge in [-0.25, -0.2) is 0 Å². The van der Waals surface area contributed by atoms with E-state index in [1.54, 1.807) is 0 Å². The van der Waals surface area contributed by atoms with Gasteiger partial charge in [-0.1, -0.05) is 6.07 Å². The van der Waals surface area contributed by atoms with E-state index in [1.165, 1.54) is 5.56 Å². The van der Waals surface area contributed by atoms with E-state index in [0.29, 0.717) is 6.04 Å². The van der Waals surface area contributed by atoms with E-state index in [0.717, 1.165) is 57.3 Å². The highest BCUT2D eigenvalue weighted by Crippen LogP contribution is 2.30. The SMILES string of the molecule is CC1CN(Cc2ccc3c(c2)OCCCO3)CCN1. The average Bonchev–Trinajstić information content (AvgIpc) is 2.63. The number of ether oxygens (including phenoxy) is 2. The Balaban J connectivity index is 1.69. The van der Waals surface area contributed by atoms with E-state index < -0.39 is 0 Å². The number of nitrogens with one attached hydrogen (secondary N) is 1. The second-order valence-corrected chi connectivity index (χ2v) is 5.42. The molecule has 1 saturated heterocycles. The summed E-state index contributed by atoms with van der Waals surface area (Å²) >= 11 is 0. The van der Waals surface area contributed by atoms with Crippen molar-refractivity contribution in [2.75, 3.05) is 32.8 Å². The fourth-order valence-corrected chi connectivity index (χ4v) is 2.72. The van der Waals surface area contributed by atoms with E-state index >= 15 is 0 Å². The molecule has 2 aliphatic rings. The smallest absolute Gasteiger partial charge is 0.161 e. The predicted octanol–water partition coefficient (Wildman–Crippen LogP) is 1.64. The quantitative estimate of drug-likeness (QED) is 0.878. The third kappa shape index (κ3) is 3.19. The Morgan fingerprint density at radius 3 is 2.95 bits per heavy atom. The van der Waals surface area contributed by atoms with Crippen molar-refractivity contribution >= 4 is 0 Å². The number of benzene rings is 1. The zero-order valence-electron chi connectivity index (χ0n) is 11.5. The molecule has 0 aromatic heterocycles. The van der Waals surface area contributed by atoms with Gasteiger partial charge >= 0.3 is 0 Å². The number of hydrogen-bond acceptors (Lipinski definition) is 4. The number of piperazine rings is 1. The highest BCUT2D eigenvalue weighted by Gasteiger charge is 2.17. The zero-order valence-corrected chi connectivity index (χ0v) is 11.5. The maximum atomic E-state index is 5.74. The minimum absolute atomic E-state index is 0.578. The second-order valence-electron chi connectivity index (χ2n) is 5.42. The Kier molecular flexibility index (Phi) is 3.89. The van der Waals surface area contributed by atoms with Gasteiger partial charge in [-0.3, -0.25) is 4.90 Å². The van der Waals surface area contributed by atoms with Crippen LogP contribution >= 0.6 is 0 Å². The summed E-state index contributed by atoms with van der Waals surface area (Å²) in [6.45, 7) is 8.02. The van der Waals surface area contributed by atoms with Crippen molar-refractivity contribution in [3.05, 3.63) is 23.8 Å². The van der Waals surface area contributed by atoms with Gasteiger partial charge < -0.3 is 14.8 Å². The Hall–Kier alpha value is -1.26. The molecule has 0 saturated carbocycles. The van der Waals surface area contributed by atoms with Gasteiger partial charge in [-0.15, -0.1) is 0 Å². The molecule has 4 heteroatoms. The molecule has 3 rings (SSSR count). The summed E-state index contributed by atoms with van der Waals surface area (Å²) in [7, 11) is 0. The van der Waals surface area contributed by atoms with Crippen molar-refractivity contribution in [3.63, 3.8) is 0 Å². The Morgan fingerprint density at radius 2 is 2.11 bits per heavy atom. The first-order valence-electron chi connectivity index (χ1n) is 7.15. The van der Waals surface area contributed by atoms with Crippen LogP contribution < -0.4 is 14.8 Å². The van der Waals surface area contributed by atoms with Crippen LogP contribution in [0, 0.1) is 0 Å². The average molecular weight is 262 g/mol. The van der Waals surface area contributed by atoms with Gasteiger partial charge in [0.2, 0.25) is 0 Å². The number of fused-ring (bicyclic) bond motifs is 1. The van der Waals surface area contributed by atoms with Gasteiger partial charge in [0.05, 0.1) is 13.2 Å². The molecule has 0 amide bonds. The Labute approximate surface area is 114 Å². The maximum Gasteiger partial charge on any atom is 0.161 e. The Bertz CT molecular complexity index is 436. The van der Waals surface area contributed by atoms with Gasteiger partial charge in [0, 0.05) is 38.6 Å². The topological polar surface area (TPSA) is 33.7 Å². The van der Waals surface area contributed by atoms with Gasteiger partial charge in [0.25, 0.3) is 0 Å². The van der Waals surface area contributed by atoms with Crippen molar-refractivity contribution < 1.29 is 9.47 Å². The summed E-state index contributed by atoms with van der Waals surface area (Å²) in [4.78, 5) is 2.49. The van der Waals surface area contributed by atoms with Crippen molar-refractivity contribution in [2.24, 2.45) is 0 Å². The van der Waals surface area contributed by atoms with Crippen LogP contribution in [0.25, 0.3) is 0 Å². The van der Waals surface area contributed by atoms with Gasteiger partial charge in [0.1, 0.15) is 0 Å². The molecule has 2 heterocycles. The van der Waals surface area contributed by atoms with Gasteiger partial charge in [0.15, 0.2) is 11.5 Å². The molecular formula is C15H22N2O2. The number of rotatable bonds is 2. The first-order valence-corrected chi connectivity index (χ1v) is 7.15. The molecule has 4 nitrogen and oxygen atoms in total. The van der Waals surface area contributed by atoms with E-state index in [-0.39, 0.29) is 0 Å². The van der Waals surface area contributed by atoms with Crippen molar-refractivity contribution in [3.8, 4) is 11.5 Å². The molecular weight excluding hydrogens is 240 g/mol. The monoisotopic (exact) mass is 262 g/mol. The third-order valence-corrected chi connectivity index (χ3v) is 3.67. The van der Waals surface area contributed by atoms with E-state index in [1.807, 2.05) is 6.07 Å². The first kappa shape index (κ1) is 12.8. The van der Waals surface area contributed by atoms with E-state index in [9.17, 15) is 0 Å². The molecule has 1 aromatic carbocycles. The molecule has 1 unspecified atom stereocenters. The first-order chi connectivity index (χ1) is 9.31. The van der Waals surface area contributed by atoms with Crippen LogP contribution in [-0.2, 0) is 6.54 Å². The lowest BCUT2D eigenvalue weighted by atomic mass is 10.1. The molecule has 0 aliphatic carbocycles. The number of hydrogen-bond donors (Lipinski definition) is 1. The van der Waals surface area contributed by atoms with Crippen LogP contribution in [0.1, 0.15) is 18.9 Å². The summed E-state index contributed by atoms with van der Waals surface area (Å²) in [5.41, 5.74) is 1.30. The fraction of sp³-hybridized carbons (Fsp3) is 0.600. The van der Waals surface area contributed by atoms with E-state index in [4.69, 9.17) is 9.47 Å². The summed E-state index contributed by atoms with van der Waals surface area (Å²) in [6, 6.07) is 6.91. The lowest BCUT2D eigenvalue weighted by molar-refractivity contribution is 0.199. The van der Waals surface area contributed by atoms with Gasteiger partial charge in [-0.05, 0) is 24.6 Å². The summed E-state index contributed by atoms with van der Waals surface area (Å²) in [5, 5.41) is 3.47. The van der Waals surface area contributed by atoms with Crippen LogP contribution in [0.4, 0.5) is 0 Å². The van der Waals surface area contributed by atoms with E-state index in [2.05, 4.69) is 29.3 Å². The van der Waals surface area contributed by atoms with Crippen LogP contribution in [-0.4, -0.2) is 43.8 Å². The molecule has 2 aliphatic heterocycles. The van der Waals surface area contributed by atoms with Crippen LogP contribution in [0.2, 0.25) is 0 Å². The van der Waals surface area contributed by atoms with Crippen molar-refractivity contribution in [1.82, 2.24) is 10.2 Å². The molecule has 1 atom stereocenters. The molecule has 19 heavy (non-hydrogen) atoms. The number of nitrogens with zero attached hydrogens (tertiary/aromatic N) is 1. The zero-order chi connectivity index (χ0) is 13.1. The fourth-order valence-electron chi connectivity index (χ4n) is 2.72. The third-order valence-electron chi connectivity index (χ3n) is 3.67. The molecule has 0 spiro atoms. The highest BCUT2D eigenvalue weighted by atomic mass is 16.5. The minimum atomic E-state index is 0.578. The molecule has 1 aromatic rings. The standard InChI is InChI=1S/C15H22N2O2/c1-12-10-17(6-5-16-12)11-13-3-4-14-15(9-13)19-8-2-7-18-14/h3-4,9,12,16H,2,5-8,10-11H2,1H3. The summed E-state index contributed by atoms with van der Waals surface area (Å²) in [5.74, 6) is 1.79. The molecule has 0 bridgehead atoms. The van der Waals surface area contributed by atoms with Crippen LogP contribution in [0.3, 0.4) is 0 Å². The highest BCUT2D eigenvalue weighted by molar-refractivity contribution is 5.43. The van der Waals surface area contributed by atoms with Crippen molar-refractivity contribution in [2.45, 2.75) is 25.9 Å². The largest absolute Gasteiger partial charge is 0.490 e. The minimum Gasteiger partial charge on any atom is -0.490 e. The lowest BCUT2D eigenvalue weighted by Crippen LogP contribution is -2.48. The normalized spacial score (nSPS) is 23.9. The molecule has 104 valence electrons. The summed E-state index contributed by atoms with van der Waals surface area (Å²) < 4.78 is 11.4.